The van der Waals surface area contributed by atoms with Gasteiger partial charge in [-0.05, 0) is 68.1 Å². The second-order valence-corrected chi connectivity index (χ2v) is 8.55. The third-order valence-corrected chi connectivity index (χ3v) is 6.28. The zero-order valence-corrected chi connectivity index (χ0v) is 17.6. The van der Waals surface area contributed by atoms with E-state index < -0.39 is 5.91 Å². The van der Waals surface area contributed by atoms with Gasteiger partial charge >= 0.3 is 0 Å². The number of rotatable bonds is 5. The minimum Gasteiger partial charge on any atom is -0.490 e. The topological polar surface area (TPSA) is 113 Å². The summed E-state index contributed by atoms with van der Waals surface area (Å²) in [5.41, 5.74) is 3.95. The molecule has 0 radical (unpaired) electrons. The number of carbonyl (C=O) groups is 2. The highest BCUT2D eigenvalue weighted by Gasteiger charge is 2.34. The van der Waals surface area contributed by atoms with E-state index in [9.17, 15) is 9.59 Å². The van der Waals surface area contributed by atoms with E-state index in [2.05, 4.69) is 15.6 Å². The summed E-state index contributed by atoms with van der Waals surface area (Å²) >= 11 is 0. The van der Waals surface area contributed by atoms with Crippen molar-refractivity contribution in [2.75, 3.05) is 18.4 Å². The predicted octanol–water partition coefficient (Wildman–Crippen LogP) is 2.47. The second kappa shape index (κ2) is 9.03. The number of aromatic nitrogens is 1. The average molecular weight is 425 g/mol. The number of ether oxygens (including phenoxy) is 1. The van der Waals surface area contributed by atoms with Crippen molar-refractivity contribution in [2.24, 2.45) is 5.41 Å². The summed E-state index contributed by atoms with van der Waals surface area (Å²) in [6.07, 6.45) is 5.58. The molecular weight excluding hydrogens is 396 g/mol. The molecule has 31 heavy (non-hydrogen) atoms. The molecule has 1 aromatic carbocycles. The molecule has 1 unspecified atom stereocenters. The lowest BCUT2D eigenvalue weighted by Crippen LogP contribution is -2.42. The van der Waals surface area contributed by atoms with Crippen LogP contribution in [-0.4, -0.2) is 41.2 Å². The van der Waals surface area contributed by atoms with Gasteiger partial charge in [-0.25, -0.2) is 10.5 Å². The molecule has 164 valence electrons. The van der Waals surface area contributed by atoms with Crippen LogP contribution in [0.1, 0.15) is 47.7 Å². The number of anilines is 1. The number of nitrogens with one attached hydrogen (secondary N) is 3. The molecule has 0 saturated carbocycles. The SMILES string of the molecule is CC1(C(=O)Nc2cc(OC3CCc4cc(C(=O)NO)ccc4C3)ccn2)CCNCC1. The number of pyridine rings is 1. The summed E-state index contributed by atoms with van der Waals surface area (Å²) < 4.78 is 6.18. The summed E-state index contributed by atoms with van der Waals surface area (Å²) in [6, 6.07) is 9.00. The van der Waals surface area contributed by atoms with Gasteiger partial charge in [-0.15, -0.1) is 0 Å². The van der Waals surface area contributed by atoms with Crippen molar-refractivity contribution in [3.8, 4) is 5.75 Å². The molecular formula is C23H28N4O4. The highest BCUT2D eigenvalue weighted by atomic mass is 16.5. The summed E-state index contributed by atoms with van der Waals surface area (Å²) in [4.78, 5) is 28.7. The molecule has 4 rings (SSSR count). The van der Waals surface area contributed by atoms with Gasteiger partial charge in [0.1, 0.15) is 17.7 Å². The molecule has 1 fully saturated rings. The van der Waals surface area contributed by atoms with E-state index in [1.165, 1.54) is 0 Å². The van der Waals surface area contributed by atoms with Gasteiger partial charge in [0.05, 0.1) is 0 Å². The van der Waals surface area contributed by atoms with Crippen molar-refractivity contribution in [2.45, 2.75) is 45.1 Å². The first-order valence-electron chi connectivity index (χ1n) is 10.7. The Morgan fingerprint density at radius 2 is 2.00 bits per heavy atom. The van der Waals surface area contributed by atoms with Crippen LogP contribution in [0.4, 0.5) is 5.82 Å². The number of piperidine rings is 1. The minimum atomic E-state index is -0.508. The molecule has 4 N–H and O–H groups in total. The molecule has 2 heterocycles. The van der Waals surface area contributed by atoms with Crippen molar-refractivity contribution >= 4 is 17.6 Å². The normalized spacial score (nSPS) is 19.7. The number of benzene rings is 1. The molecule has 1 aromatic heterocycles. The monoisotopic (exact) mass is 424 g/mol. The van der Waals surface area contributed by atoms with Crippen molar-refractivity contribution in [1.82, 2.24) is 15.8 Å². The van der Waals surface area contributed by atoms with Crippen LogP contribution in [-0.2, 0) is 17.6 Å². The Bertz CT molecular complexity index is 972. The largest absolute Gasteiger partial charge is 0.490 e. The number of nitrogens with zero attached hydrogens (tertiary/aromatic N) is 1. The van der Waals surface area contributed by atoms with Crippen LogP contribution in [0.25, 0.3) is 0 Å². The molecule has 1 aliphatic carbocycles. The number of fused-ring (bicyclic) bond motifs is 1. The molecule has 1 aliphatic heterocycles. The number of carbonyl (C=O) groups excluding carboxylic acids is 2. The Hall–Kier alpha value is -2.97. The van der Waals surface area contributed by atoms with Gasteiger partial charge in [0.2, 0.25) is 5.91 Å². The van der Waals surface area contributed by atoms with E-state index >= 15 is 0 Å². The van der Waals surface area contributed by atoms with E-state index in [4.69, 9.17) is 9.94 Å². The molecule has 0 bridgehead atoms. The molecule has 0 spiro atoms. The van der Waals surface area contributed by atoms with Crippen LogP contribution in [0.2, 0.25) is 0 Å². The standard InChI is InChI=1S/C23H28N4O4/c1-23(7-10-24-11-8-23)22(29)26-20-14-19(6-9-25-20)31-18-5-4-15-12-17(21(28)27-30)3-2-16(15)13-18/h2-3,6,9,12,14,18,24,30H,4-5,7-8,10-11,13H2,1H3,(H,27,28)(H,25,26,29). The average Bonchev–Trinajstić information content (AvgIpc) is 2.79. The summed E-state index contributed by atoms with van der Waals surface area (Å²) in [5, 5.41) is 15.0. The van der Waals surface area contributed by atoms with Gasteiger partial charge in [-0.1, -0.05) is 13.0 Å². The molecule has 1 atom stereocenters. The fourth-order valence-electron chi connectivity index (χ4n) is 4.25. The molecule has 2 amide bonds. The maximum absolute atomic E-state index is 12.8. The predicted molar refractivity (Wildman–Crippen MR) is 115 cm³/mol. The van der Waals surface area contributed by atoms with Crippen LogP contribution >= 0.6 is 0 Å². The smallest absolute Gasteiger partial charge is 0.274 e. The Balaban J connectivity index is 1.39. The summed E-state index contributed by atoms with van der Waals surface area (Å²) in [7, 11) is 0. The number of hydrogen-bond donors (Lipinski definition) is 4. The van der Waals surface area contributed by atoms with Crippen molar-refractivity contribution in [3.05, 3.63) is 53.2 Å². The van der Waals surface area contributed by atoms with E-state index in [0.717, 1.165) is 56.3 Å². The van der Waals surface area contributed by atoms with E-state index in [-0.39, 0.29) is 17.4 Å². The van der Waals surface area contributed by atoms with Crippen LogP contribution in [0.5, 0.6) is 5.75 Å². The van der Waals surface area contributed by atoms with Gasteiger partial charge in [0.25, 0.3) is 5.91 Å². The van der Waals surface area contributed by atoms with Gasteiger partial charge < -0.3 is 15.4 Å². The van der Waals surface area contributed by atoms with Crippen molar-refractivity contribution in [1.29, 1.82) is 0 Å². The van der Waals surface area contributed by atoms with E-state index in [1.54, 1.807) is 29.9 Å². The Labute approximate surface area is 181 Å². The lowest BCUT2D eigenvalue weighted by atomic mass is 9.80. The first-order chi connectivity index (χ1) is 15.0. The maximum Gasteiger partial charge on any atom is 0.274 e. The quantitative estimate of drug-likeness (QED) is 0.433. The Kier molecular flexibility index (Phi) is 6.20. The van der Waals surface area contributed by atoms with Gasteiger partial charge in [-0.2, -0.15) is 0 Å². The first-order valence-corrected chi connectivity index (χ1v) is 10.7. The summed E-state index contributed by atoms with van der Waals surface area (Å²) in [6.45, 7) is 3.68. The van der Waals surface area contributed by atoms with Gasteiger partial charge in [0, 0.05) is 29.7 Å². The van der Waals surface area contributed by atoms with Gasteiger partial charge in [0.15, 0.2) is 0 Å². The minimum absolute atomic E-state index is 0.00194. The van der Waals surface area contributed by atoms with Crippen LogP contribution in [0, 0.1) is 5.41 Å². The second-order valence-electron chi connectivity index (χ2n) is 8.55. The highest BCUT2D eigenvalue weighted by molar-refractivity contribution is 5.94. The number of amides is 2. The summed E-state index contributed by atoms with van der Waals surface area (Å²) in [5.74, 6) is 0.655. The van der Waals surface area contributed by atoms with Crippen molar-refractivity contribution < 1.29 is 19.5 Å². The molecule has 8 nitrogen and oxygen atoms in total. The Morgan fingerprint density at radius 1 is 1.19 bits per heavy atom. The Morgan fingerprint density at radius 3 is 2.77 bits per heavy atom. The van der Waals surface area contributed by atoms with Crippen LogP contribution in [0.15, 0.2) is 36.5 Å². The molecule has 8 heteroatoms. The number of hydroxylamine groups is 1. The third kappa shape index (κ3) is 4.86. The lowest BCUT2D eigenvalue weighted by molar-refractivity contribution is -0.126. The van der Waals surface area contributed by atoms with E-state index in [0.29, 0.717) is 17.1 Å². The third-order valence-electron chi connectivity index (χ3n) is 6.28. The maximum atomic E-state index is 12.8. The molecule has 2 aliphatic rings. The van der Waals surface area contributed by atoms with Crippen LogP contribution < -0.4 is 20.9 Å². The zero-order valence-electron chi connectivity index (χ0n) is 17.6. The fraction of sp³-hybridized carbons (Fsp3) is 0.435. The van der Waals surface area contributed by atoms with Crippen LogP contribution in [0.3, 0.4) is 0 Å². The number of hydrogen-bond acceptors (Lipinski definition) is 6. The zero-order chi connectivity index (χ0) is 21.8. The molecule has 2 aromatic rings. The fourth-order valence-corrected chi connectivity index (χ4v) is 4.25. The highest BCUT2D eigenvalue weighted by Crippen LogP contribution is 2.30. The number of aryl methyl sites for hydroxylation is 1. The molecule has 1 saturated heterocycles. The first kappa shape index (κ1) is 21.3. The van der Waals surface area contributed by atoms with E-state index in [1.807, 2.05) is 19.1 Å². The lowest BCUT2D eigenvalue weighted by Gasteiger charge is -2.32. The van der Waals surface area contributed by atoms with Crippen molar-refractivity contribution in [3.63, 3.8) is 0 Å². The van der Waals surface area contributed by atoms with Gasteiger partial charge in [-0.3, -0.25) is 14.8 Å².